The molecule has 9 heteroatoms. The van der Waals surface area contributed by atoms with Crippen LogP contribution in [0.3, 0.4) is 0 Å². The second-order valence-electron chi connectivity index (χ2n) is 10.3. The fourth-order valence-corrected chi connectivity index (χ4v) is 5.68. The fourth-order valence-electron chi connectivity index (χ4n) is 5.68. The van der Waals surface area contributed by atoms with E-state index in [1.807, 2.05) is 12.1 Å². The highest BCUT2D eigenvalue weighted by molar-refractivity contribution is 6.19. The van der Waals surface area contributed by atoms with E-state index in [4.69, 9.17) is 18.6 Å². The Hall–Kier alpha value is -5.57. The first kappa shape index (κ1) is 27.6. The summed E-state index contributed by atoms with van der Waals surface area (Å²) in [5, 5.41) is 43.5. The lowest BCUT2D eigenvalue weighted by Gasteiger charge is -2.22. The van der Waals surface area contributed by atoms with Gasteiger partial charge in [0.1, 0.15) is 28.6 Å². The molecular weight excluding hydrogens is 552 g/mol. The Morgan fingerprint density at radius 2 is 1.53 bits per heavy atom. The highest BCUT2D eigenvalue weighted by Crippen LogP contribution is 2.52. The van der Waals surface area contributed by atoms with E-state index in [9.17, 15) is 25.2 Å². The maximum Gasteiger partial charge on any atom is 0.223 e. The summed E-state index contributed by atoms with van der Waals surface area (Å²) in [4.78, 5) is 12.4. The van der Waals surface area contributed by atoms with E-state index in [1.54, 1.807) is 37.3 Å². The quantitative estimate of drug-likeness (QED) is 0.129. The molecule has 1 heterocycles. The predicted octanol–water partition coefficient (Wildman–Crippen LogP) is 6.47. The van der Waals surface area contributed by atoms with Crippen LogP contribution >= 0.6 is 0 Å². The fraction of sp³-hybridized carbons (Fsp3) is 0.147. The zero-order chi connectivity index (χ0) is 30.6. The van der Waals surface area contributed by atoms with Gasteiger partial charge in [-0.25, -0.2) is 0 Å². The van der Waals surface area contributed by atoms with E-state index < -0.39 is 11.2 Å². The topological polar surface area (TPSA) is 139 Å². The van der Waals surface area contributed by atoms with Crippen LogP contribution in [0.2, 0.25) is 0 Å². The molecule has 0 saturated carbocycles. The summed E-state index contributed by atoms with van der Waals surface area (Å²) in [6.07, 6.45) is 0.315. The Labute approximate surface area is 245 Å². The van der Waals surface area contributed by atoms with E-state index in [0.717, 1.165) is 5.56 Å². The molecule has 218 valence electrons. The monoisotopic (exact) mass is 580 g/mol. The van der Waals surface area contributed by atoms with Gasteiger partial charge in [0.25, 0.3) is 0 Å². The lowest BCUT2D eigenvalue weighted by atomic mass is 9.86. The van der Waals surface area contributed by atoms with Crippen LogP contribution in [0, 0.1) is 6.92 Å². The van der Waals surface area contributed by atoms with Gasteiger partial charge in [-0.3, -0.25) is 4.79 Å². The van der Waals surface area contributed by atoms with Crippen LogP contribution in [-0.2, 0) is 6.42 Å². The second kappa shape index (κ2) is 10.4. The molecule has 6 rings (SSSR count). The Morgan fingerprint density at radius 3 is 2.23 bits per heavy atom. The summed E-state index contributed by atoms with van der Waals surface area (Å²) < 4.78 is 23.5. The summed E-state index contributed by atoms with van der Waals surface area (Å²) >= 11 is 0. The average molecular weight is 581 g/mol. The van der Waals surface area contributed by atoms with Gasteiger partial charge in [-0.05, 0) is 59.8 Å². The van der Waals surface area contributed by atoms with Gasteiger partial charge in [0, 0.05) is 51.6 Å². The van der Waals surface area contributed by atoms with Crippen LogP contribution in [-0.4, -0.2) is 41.8 Å². The molecule has 0 radical (unpaired) electrons. The molecule has 0 spiro atoms. The van der Waals surface area contributed by atoms with Gasteiger partial charge in [-0.15, -0.1) is 0 Å². The van der Waals surface area contributed by atoms with Crippen LogP contribution in [0.25, 0.3) is 44.2 Å². The first-order valence-electron chi connectivity index (χ1n) is 13.3. The van der Waals surface area contributed by atoms with E-state index in [0.29, 0.717) is 61.7 Å². The number of rotatable bonds is 6. The van der Waals surface area contributed by atoms with Gasteiger partial charge in [0.05, 0.1) is 21.3 Å². The van der Waals surface area contributed by atoms with Gasteiger partial charge in [0.15, 0.2) is 17.2 Å². The maximum absolute atomic E-state index is 12.4. The molecule has 0 fully saturated rings. The standard InChI is InChI=1S/C34H28O9/c1-16-9-17(5-8-24(16)36)10-22-30(20-7-6-19(35)13-28(20)40-2)21-14-29(41-3)32(39)34(42-4)31(21)23-11-18-12-25(37)26(38)15-27(18)43-33(22)23/h5-9,11-15,35-37,39H,10H2,1-4H3. The summed E-state index contributed by atoms with van der Waals surface area (Å²) in [6, 6.07) is 16.1. The molecular formula is C34H28O9. The minimum Gasteiger partial charge on any atom is -0.508 e. The molecule has 43 heavy (non-hydrogen) atoms. The van der Waals surface area contributed by atoms with Gasteiger partial charge in [-0.2, -0.15) is 0 Å². The van der Waals surface area contributed by atoms with Gasteiger partial charge >= 0.3 is 0 Å². The van der Waals surface area contributed by atoms with Crippen molar-refractivity contribution >= 4 is 21.7 Å². The number of phenolic OH excluding ortho intramolecular Hbond substituents is 4. The van der Waals surface area contributed by atoms with Crippen molar-refractivity contribution in [1.29, 1.82) is 0 Å². The Kier molecular flexibility index (Phi) is 6.65. The van der Waals surface area contributed by atoms with Crippen molar-refractivity contribution in [3.8, 4) is 62.7 Å². The maximum atomic E-state index is 12.4. The first-order valence-corrected chi connectivity index (χ1v) is 13.3. The van der Waals surface area contributed by atoms with Crippen molar-refractivity contribution in [2.75, 3.05) is 21.3 Å². The van der Waals surface area contributed by atoms with E-state index >= 15 is 0 Å². The molecule has 2 aliphatic rings. The lowest BCUT2D eigenvalue weighted by Crippen LogP contribution is -2.03. The summed E-state index contributed by atoms with van der Waals surface area (Å²) in [5.74, 6) is 0.449. The predicted molar refractivity (Wildman–Crippen MR) is 162 cm³/mol. The number of phenols is 4. The summed E-state index contributed by atoms with van der Waals surface area (Å²) in [6.45, 7) is 1.81. The zero-order valence-electron chi connectivity index (χ0n) is 23.8. The number of methoxy groups -OCH3 is 3. The van der Waals surface area contributed by atoms with Crippen molar-refractivity contribution < 1.29 is 39.1 Å². The van der Waals surface area contributed by atoms with Crippen LogP contribution in [0.1, 0.15) is 16.7 Å². The molecule has 4 N–H and O–H groups in total. The first-order chi connectivity index (χ1) is 20.6. The van der Waals surface area contributed by atoms with Gasteiger partial charge in [0.2, 0.25) is 11.2 Å². The van der Waals surface area contributed by atoms with E-state index in [-0.39, 0.29) is 34.5 Å². The molecule has 1 aliphatic heterocycles. The minimum atomic E-state index is -0.590. The van der Waals surface area contributed by atoms with Crippen molar-refractivity contribution in [1.82, 2.24) is 0 Å². The largest absolute Gasteiger partial charge is 0.508 e. The van der Waals surface area contributed by atoms with Gasteiger partial charge in [-0.1, -0.05) is 12.1 Å². The summed E-state index contributed by atoms with van der Waals surface area (Å²) in [7, 11) is 4.37. The normalized spacial score (nSPS) is 11.3. The lowest BCUT2D eigenvalue weighted by molar-refractivity contribution is 0.343. The van der Waals surface area contributed by atoms with Crippen molar-refractivity contribution in [2.24, 2.45) is 0 Å². The minimum absolute atomic E-state index is 0.00711. The van der Waals surface area contributed by atoms with E-state index in [2.05, 4.69) is 0 Å². The Balaban J connectivity index is 1.89. The molecule has 0 atom stereocenters. The number of hydrogen-bond acceptors (Lipinski definition) is 9. The third kappa shape index (κ3) is 4.46. The number of ether oxygens (including phenoxy) is 3. The SMILES string of the molecule is COc1cc(O)ccc1-c1c(Cc2ccc(O)c(C)c2)c2oc3cc(=O)c(O)cc-3cc2c2c(OC)c(O)c(OC)cc12. The van der Waals surface area contributed by atoms with Crippen LogP contribution in [0.5, 0.6) is 40.2 Å². The number of benzene rings is 5. The van der Waals surface area contributed by atoms with Crippen molar-refractivity contribution in [3.63, 3.8) is 0 Å². The molecule has 0 saturated heterocycles. The molecule has 4 aromatic carbocycles. The second-order valence-corrected chi connectivity index (χ2v) is 10.3. The highest BCUT2D eigenvalue weighted by atomic mass is 16.5. The molecule has 0 amide bonds. The summed E-state index contributed by atoms with van der Waals surface area (Å²) in [5.41, 5.74) is 3.75. The number of fused-ring (bicyclic) bond motifs is 4. The number of aromatic hydroxyl groups is 4. The Morgan fingerprint density at radius 1 is 0.767 bits per heavy atom. The van der Waals surface area contributed by atoms with Gasteiger partial charge < -0.3 is 39.1 Å². The molecule has 0 unspecified atom stereocenters. The molecule has 4 aromatic rings. The molecule has 9 nitrogen and oxygen atoms in total. The third-order valence-electron chi connectivity index (χ3n) is 7.70. The zero-order valence-corrected chi connectivity index (χ0v) is 23.8. The van der Waals surface area contributed by atoms with Crippen LogP contribution < -0.4 is 19.6 Å². The molecule has 0 bridgehead atoms. The van der Waals surface area contributed by atoms with Crippen molar-refractivity contribution in [2.45, 2.75) is 13.3 Å². The highest BCUT2D eigenvalue weighted by Gasteiger charge is 2.27. The average Bonchev–Trinajstić information content (AvgIpc) is 2.99. The number of aryl methyl sites for hydroxylation is 1. The molecule has 0 aromatic heterocycles. The van der Waals surface area contributed by atoms with Crippen molar-refractivity contribution in [3.05, 3.63) is 87.6 Å². The number of hydrogen-bond donors (Lipinski definition) is 4. The third-order valence-corrected chi connectivity index (χ3v) is 7.70. The van der Waals surface area contributed by atoms with Crippen LogP contribution in [0.4, 0.5) is 0 Å². The molecule has 1 aliphatic carbocycles. The van der Waals surface area contributed by atoms with Crippen LogP contribution in [0.15, 0.2) is 69.9 Å². The van der Waals surface area contributed by atoms with E-state index in [1.165, 1.54) is 39.5 Å². The smallest absolute Gasteiger partial charge is 0.223 e. The Bertz CT molecular complexity index is 2090.